The number of rotatable bonds is 3. The molecule has 2 N–H and O–H groups in total. The van der Waals surface area contributed by atoms with E-state index in [-0.39, 0.29) is 0 Å². The molecule has 0 spiro atoms. The van der Waals surface area contributed by atoms with Crippen LogP contribution in [0.4, 0.5) is 11.5 Å². The third kappa shape index (κ3) is 2.85. The topological polar surface area (TPSA) is 74.8 Å². The van der Waals surface area contributed by atoms with E-state index in [9.17, 15) is 0 Å². The number of imidazole rings is 1. The Morgan fingerprint density at radius 1 is 1.15 bits per heavy atom. The summed E-state index contributed by atoms with van der Waals surface area (Å²) >= 11 is 0. The molecule has 5 rings (SSSR count). The van der Waals surface area contributed by atoms with Gasteiger partial charge in [-0.15, -0.1) is 0 Å². The average molecular weight is 361 g/mol. The Labute approximate surface area is 158 Å². The van der Waals surface area contributed by atoms with Gasteiger partial charge in [-0.1, -0.05) is 30.5 Å². The van der Waals surface area contributed by atoms with Crippen molar-refractivity contribution in [2.75, 3.05) is 5.32 Å². The van der Waals surface area contributed by atoms with Crippen molar-refractivity contribution in [2.45, 2.75) is 50.9 Å². The summed E-state index contributed by atoms with van der Waals surface area (Å²) in [7, 11) is 0. The molecule has 138 valence electrons. The van der Waals surface area contributed by atoms with Crippen LogP contribution in [0, 0.1) is 0 Å². The molecule has 2 aliphatic rings. The van der Waals surface area contributed by atoms with Crippen LogP contribution < -0.4 is 5.32 Å². The summed E-state index contributed by atoms with van der Waals surface area (Å²) in [5, 5.41) is 16.2. The maximum Gasteiger partial charge on any atom is 0.157 e. The summed E-state index contributed by atoms with van der Waals surface area (Å²) < 4.78 is 2.10. The second-order valence-corrected chi connectivity index (χ2v) is 7.53. The maximum atomic E-state index is 9.14. The Kier molecular flexibility index (Phi) is 4.03. The highest BCUT2D eigenvalue weighted by molar-refractivity contribution is 6.04. The monoisotopic (exact) mass is 361 g/mol. The molecule has 6 nitrogen and oxygen atoms in total. The third-order valence-corrected chi connectivity index (χ3v) is 5.88. The van der Waals surface area contributed by atoms with Crippen LogP contribution in [0.1, 0.15) is 61.3 Å². The van der Waals surface area contributed by atoms with Gasteiger partial charge in [0.2, 0.25) is 0 Å². The van der Waals surface area contributed by atoms with Crippen molar-refractivity contribution in [3.05, 3.63) is 53.6 Å². The normalized spacial score (nSPS) is 18.9. The van der Waals surface area contributed by atoms with E-state index >= 15 is 0 Å². The Morgan fingerprint density at radius 3 is 2.89 bits per heavy atom. The summed E-state index contributed by atoms with van der Waals surface area (Å²) in [5.74, 6) is 1.55. The molecule has 1 saturated carbocycles. The number of nitrogens with one attached hydrogen (secondary N) is 1. The SMILES string of the molecule is O/N=C1/CCc2cc(Nc3c(C4CCCCC4)nc4cnccn34)ccc21. The number of hydrogen-bond acceptors (Lipinski definition) is 5. The first-order valence-electron chi connectivity index (χ1n) is 9.76. The van der Waals surface area contributed by atoms with Crippen LogP contribution in [0.2, 0.25) is 0 Å². The molecular formula is C21H23N5O. The van der Waals surface area contributed by atoms with Crippen molar-refractivity contribution in [2.24, 2.45) is 5.16 Å². The number of aromatic nitrogens is 3. The van der Waals surface area contributed by atoms with E-state index in [0.29, 0.717) is 5.92 Å². The average Bonchev–Trinajstić information content (AvgIpc) is 3.30. The molecule has 0 atom stereocenters. The maximum absolute atomic E-state index is 9.14. The Morgan fingerprint density at radius 2 is 2.04 bits per heavy atom. The van der Waals surface area contributed by atoms with E-state index in [2.05, 4.69) is 32.0 Å². The van der Waals surface area contributed by atoms with Crippen molar-refractivity contribution < 1.29 is 5.21 Å². The third-order valence-electron chi connectivity index (χ3n) is 5.88. The van der Waals surface area contributed by atoms with Gasteiger partial charge in [-0.2, -0.15) is 0 Å². The Hall–Kier alpha value is -2.89. The van der Waals surface area contributed by atoms with Crippen molar-refractivity contribution in [1.82, 2.24) is 14.4 Å². The van der Waals surface area contributed by atoms with E-state index in [1.165, 1.54) is 37.7 Å². The number of hydrogen-bond donors (Lipinski definition) is 2. The lowest BCUT2D eigenvalue weighted by atomic mass is 9.87. The molecule has 0 amide bonds. The zero-order valence-electron chi connectivity index (χ0n) is 15.2. The Bertz CT molecular complexity index is 1020. The second-order valence-electron chi connectivity index (χ2n) is 7.53. The molecule has 0 saturated heterocycles. The Balaban J connectivity index is 1.54. The van der Waals surface area contributed by atoms with Gasteiger partial charge in [0, 0.05) is 29.6 Å². The fourth-order valence-corrected chi connectivity index (χ4v) is 4.50. The molecule has 6 heteroatoms. The van der Waals surface area contributed by atoms with Gasteiger partial charge in [-0.05, 0) is 43.4 Å². The van der Waals surface area contributed by atoms with Gasteiger partial charge >= 0.3 is 0 Å². The van der Waals surface area contributed by atoms with Gasteiger partial charge in [-0.3, -0.25) is 9.38 Å². The van der Waals surface area contributed by atoms with Crippen LogP contribution in [0.5, 0.6) is 0 Å². The van der Waals surface area contributed by atoms with Gasteiger partial charge in [0.05, 0.1) is 17.6 Å². The summed E-state index contributed by atoms with van der Waals surface area (Å²) in [4.78, 5) is 9.15. The minimum absolute atomic E-state index is 0.503. The molecule has 0 bridgehead atoms. The molecule has 0 radical (unpaired) electrons. The van der Waals surface area contributed by atoms with Crippen LogP contribution in [0.15, 0.2) is 41.9 Å². The molecule has 2 aromatic heterocycles. The lowest BCUT2D eigenvalue weighted by Gasteiger charge is -2.21. The minimum Gasteiger partial charge on any atom is -0.411 e. The number of fused-ring (bicyclic) bond motifs is 2. The zero-order valence-corrected chi connectivity index (χ0v) is 15.2. The lowest BCUT2D eigenvalue weighted by molar-refractivity contribution is 0.318. The van der Waals surface area contributed by atoms with E-state index < -0.39 is 0 Å². The van der Waals surface area contributed by atoms with Crippen LogP contribution in [-0.4, -0.2) is 25.3 Å². The minimum atomic E-state index is 0.503. The second kappa shape index (κ2) is 6.68. The zero-order chi connectivity index (χ0) is 18.2. The number of oxime groups is 1. The molecule has 2 heterocycles. The van der Waals surface area contributed by atoms with Crippen LogP contribution >= 0.6 is 0 Å². The van der Waals surface area contributed by atoms with Gasteiger partial charge in [-0.25, -0.2) is 4.98 Å². The first-order chi connectivity index (χ1) is 13.3. The van der Waals surface area contributed by atoms with Gasteiger partial charge in [0.1, 0.15) is 5.82 Å². The fraction of sp³-hybridized carbons (Fsp3) is 0.381. The van der Waals surface area contributed by atoms with E-state index in [4.69, 9.17) is 10.2 Å². The van der Waals surface area contributed by atoms with Crippen molar-refractivity contribution in [3.63, 3.8) is 0 Å². The molecule has 0 aliphatic heterocycles. The van der Waals surface area contributed by atoms with Crippen LogP contribution in [-0.2, 0) is 6.42 Å². The fourth-order valence-electron chi connectivity index (χ4n) is 4.50. The van der Waals surface area contributed by atoms with Crippen molar-refractivity contribution in [3.8, 4) is 0 Å². The molecule has 2 aliphatic carbocycles. The van der Waals surface area contributed by atoms with Crippen LogP contribution in [0.25, 0.3) is 5.65 Å². The highest BCUT2D eigenvalue weighted by Crippen LogP contribution is 2.37. The smallest absolute Gasteiger partial charge is 0.157 e. The first kappa shape index (κ1) is 16.3. The number of benzene rings is 1. The number of aryl methyl sites for hydroxylation is 1. The molecule has 27 heavy (non-hydrogen) atoms. The summed E-state index contributed by atoms with van der Waals surface area (Å²) in [6.07, 6.45) is 13.6. The van der Waals surface area contributed by atoms with Crippen molar-refractivity contribution >= 4 is 22.9 Å². The molecule has 1 fully saturated rings. The predicted molar refractivity (Wildman–Crippen MR) is 105 cm³/mol. The highest BCUT2D eigenvalue weighted by Gasteiger charge is 2.24. The largest absolute Gasteiger partial charge is 0.411 e. The summed E-state index contributed by atoms with van der Waals surface area (Å²) in [5.41, 5.74) is 6.14. The van der Waals surface area contributed by atoms with E-state index in [1.807, 2.05) is 18.5 Å². The molecule has 1 aromatic carbocycles. The standard InChI is InChI=1S/C21H23N5O/c27-25-18-9-6-15-12-16(7-8-17(15)18)23-21-20(14-4-2-1-3-5-14)24-19-13-22-10-11-26(19)21/h7-8,10-14,23,27H,1-6,9H2/b25-18-. The molecular weight excluding hydrogens is 338 g/mol. The lowest BCUT2D eigenvalue weighted by Crippen LogP contribution is -2.08. The van der Waals surface area contributed by atoms with E-state index in [0.717, 1.165) is 47.0 Å². The predicted octanol–water partition coefficient (Wildman–Crippen LogP) is 4.65. The van der Waals surface area contributed by atoms with E-state index in [1.54, 1.807) is 6.20 Å². The first-order valence-corrected chi connectivity index (χ1v) is 9.76. The number of nitrogens with zero attached hydrogens (tertiary/aromatic N) is 4. The quantitative estimate of drug-likeness (QED) is 0.526. The number of anilines is 2. The van der Waals surface area contributed by atoms with Gasteiger partial charge in [0.25, 0.3) is 0 Å². The molecule has 0 unspecified atom stereocenters. The van der Waals surface area contributed by atoms with Gasteiger partial charge < -0.3 is 10.5 Å². The van der Waals surface area contributed by atoms with Crippen molar-refractivity contribution in [1.29, 1.82) is 0 Å². The summed E-state index contributed by atoms with van der Waals surface area (Å²) in [6.45, 7) is 0. The van der Waals surface area contributed by atoms with Crippen LogP contribution in [0.3, 0.4) is 0 Å². The van der Waals surface area contributed by atoms with Gasteiger partial charge in [0.15, 0.2) is 5.65 Å². The highest BCUT2D eigenvalue weighted by atomic mass is 16.4. The summed E-state index contributed by atoms with van der Waals surface area (Å²) in [6, 6.07) is 6.27. The molecule has 3 aromatic rings.